The molecule has 118 valence electrons. The first kappa shape index (κ1) is 15.4. The fraction of sp³-hybridized carbons (Fsp3) is 0.471. The number of carbonyl (C=O) groups excluding carboxylic acids is 1. The maximum absolute atomic E-state index is 12.8. The number of aliphatic hydroxyl groups is 1. The average molecular weight is 322 g/mol. The molecule has 22 heavy (non-hydrogen) atoms. The van der Waals surface area contributed by atoms with Crippen LogP contribution in [-0.2, 0) is 4.79 Å². The molecule has 4 nitrogen and oxygen atoms in total. The van der Waals surface area contributed by atoms with Crippen LogP contribution in [0.2, 0.25) is 5.02 Å². The molecule has 1 N–H and O–H groups in total. The normalized spacial score (nSPS) is 24.3. The van der Waals surface area contributed by atoms with Crippen molar-refractivity contribution in [2.75, 3.05) is 19.8 Å². The fourth-order valence-electron chi connectivity index (χ4n) is 3.07. The number of ether oxygens (including phenoxy) is 1. The third-order valence-corrected chi connectivity index (χ3v) is 4.69. The lowest BCUT2D eigenvalue weighted by Gasteiger charge is -2.38. The highest BCUT2D eigenvalue weighted by Crippen LogP contribution is 2.31. The molecule has 0 aromatic heterocycles. The Kier molecular flexibility index (Phi) is 4.41. The SMILES string of the molecule is CC1CCC(CO)CN1C(=O)C1=Cc2cc(Cl)ccc2OC1. The van der Waals surface area contributed by atoms with E-state index in [1.165, 1.54) is 0 Å². The van der Waals surface area contributed by atoms with Gasteiger partial charge in [-0.15, -0.1) is 0 Å². The first-order valence-corrected chi connectivity index (χ1v) is 8.01. The Hall–Kier alpha value is -1.52. The number of piperidine rings is 1. The number of fused-ring (bicyclic) bond motifs is 1. The summed E-state index contributed by atoms with van der Waals surface area (Å²) in [4.78, 5) is 14.6. The van der Waals surface area contributed by atoms with Crippen LogP contribution in [0.25, 0.3) is 6.08 Å². The molecule has 1 aromatic carbocycles. The van der Waals surface area contributed by atoms with Gasteiger partial charge in [-0.2, -0.15) is 0 Å². The van der Waals surface area contributed by atoms with Crippen LogP contribution in [0, 0.1) is 5.92 Å². The van der Waals surface area contributed by atoms with Gasteiger partial charge in [-0.05, 0) is 50.0 Å². The van der Waals surface area contributed by atoms with Crippen molar-refractivity contribution < 1.29 is 14.6 Å². The number of rotatable bonds is 2. The number of aliphatic hydroxyl groups excluding tert-OH is 1. The van der Waals surface area contributed by atoms with Crippen LogP contribution in [0.15, 0.2) is 23.8 Å². The lowest BCUT2D eigenvalue weighted by molar-refractivity contribution is -0.132. The monoisotopic (exact) mass is 321 g/mol. The lowest BCUT2D eigenvalue weighted by Crippen LogP contribution is -2.47. The summed E-state index contributed by atoms with van der Waals surface area (Å²) in [6, 6.07) is 5.59. The Morgan fingerprint density at radius 3 is 3.05 bits per heavy atom. The predicted molar refractivity (Wildman–Crippen MR) is 85.9 cm³/mol. The van der Waals surface area contributed by atoms with E-state index in [4.69, 9.17) is 16.3 Å². The molecule has 0 aliphatic carbocycles. The number of amides is 1. The molecule has 1 fully saturated rings. The number of benzene rings is 1. The highest BCUT2D eigenvalue weighted by Gasteiger charge is 2.31. The van der Waals surface area contributed by atoms with Crippen molar-refractivity contribution in [3.8, 4) is 5.75 Å². The molecule has 1 amide bonds. The molecule has 0 spiro atoms. The van der Waals surface area contributed by atoms with Gasteiger partial charge >= 0.3 is 0 Å². The van der Waals surface area contributed by atoms with E-state index in [0.717, 1.165) is 24.2 Å². The van der Waals surface area contributed by atoms with Gasteiger partial charge in [0.2, 0.25) is 0 Å². The maximum Gasteiger partial charge on any atom is 0.253 e. The predicted octanol–water partition coefficient (Wildman–Crippen LogP) is 2.74. The van der Waals surface area contributed by atoms with Gasteiger partial charge in [0.05, 0.1) is 5.57 Å². The summed E-state index contributed by atoms with van der Waals surface area (Å²) in [6.45, 7) is 3.07. The minimum atomic E-state index is -0.00345. The molecule has 2 atom stereocenters. The van der Waals surface area contributed by atoms with E-state index < -0.39 is 0 Å². The number of likely N-dealkylation sites (tertiary alicyclic amines) is 1. The fourth-order valence-corrected chi connectivity index (χ4v) is 3.25. The molecule has 1 aromatic rings. The van der Waals surface area contributed by atoms with Crippen LogP contribution in [0.4, 0.5) is 0 Å². The van der Waals surface area contributed by atoms with E-state index >= 15 is 0 Å². The molecular weight excluding hydrogens is 302 g/mol. The molecule has 3 rings (SSSR count). The Balaban J connectivity index is 1.83. The molecule has 0 radical (unpaired) electrons. The quantitative estimate of drug-likeness (QED) is 0.911. The summed E-state index contributed by atoms with van der Waals surface area (Å²) in [6.07, 6.45) is 3.76. The van der Waals surface area contributed by atoms with Gasteiger partial charge in [0, 0.05) is 29.8 Å². The van der Waals surface area contributed by atoms with E-state index in [2.05, 4.69) is 6.92 Å². The second kappa shape index (κ2) is 6.31. The van der Waals surface area contributed by atoms with E-state index in [-0.39, 0.29) is 31.1 Å². The summed E-state index contributed by atoms with van der Waals surface area (Å²) in [7, 11) is 0. The molecule has 2 unspecified atom stereocenters. The zero-order chi connectivity index (χ0) is 15.7. The van der Waals surface area contributed by atoms with Crippen LogP contribution in [0.1, 0.15) is 25.3 Å². The van der Waals surface area contributed by atoms with E-state index in [1.54, 1.807) is 12.1 Å². The van der Waals surface area contributed by atoms with Crippen molar-refractivity contribution in [3.63, 3.8) is 0 Å². The van der Waals surface area contributed by atoms with Gasteiger partial charge in [-0.25, -0.2) is 0 Å². The number of carbonyl (C=O) groups is 1. The lowest BCUT2D eigenvalue weighted by atomic mass is 9.93. The minimum Gasteiger partial charge on any atom is -0.488 e. The standard InChI is InChI=1S/C17H20ClNO3/c1-11-2-3-12(9-20)8-19(11)17(21)14-6-13-7-15(18)4-5-16(13)22-10-14/h4-7,11-12,20H,2-3,8-10H2,1H3. The third-order valence-electron chi connectivity index (χ3n) is 4.46. The second-order valence-electron chi connectivity index (χ2n) is 6.07. The van der Waals surface area contributed by atoms with Crippen LogP contribution in [0.5, 0.6) is 5.75 Å². The van der Waals surface area contributed by atoms with Crippen molar-refractivity contribution in [1.29, 1.82) is 0 Å². The number of nitrogens with zero attached hydrogens (tertiary/aromatic N) is 1. The molecule has 2 aliphatic rings. The molecule has 2 aliphatic heterocycles. The van der Waals surface area contributed by atoms with E-state index in [0.29, 0.717) is 17.1 Å². The molecule has 0 saturated carbocycles. The zero-order valence-corrected chi connectivity index (χ0v) is 13.3. The third kappa shape index (κ3) is 2.99. The van der Waals surface area contributed by atoms with Crippen LogP contribution < -0.4 is 4.74 Å². The first-order valence-electron chi connectivity index (χ1n) is 7.63. The van der Waals surface area contributed by atoms with Gasteiger partial charge < -0.3 is 14.7 Å². The Bertz CT molecular complexity index is 614. The number of hydrogen-bond donors (Lipinski definition) is 1. The van der Waals surface area contributed by atoms with Crippen molar-refractivity contribution in [2.45, 2.75) is 25.8 Å². The van der Waals surface area contributed by atoms with Gasteiger partial charge in [0.15, 0.2) is 0 Å². The van der Waals surface area contributed by atoms with Gasteiger partial charge in [0.1, 0.15) is 12.4 Å². The van der Waals surface area contributed by atoms with Gasteiger partial charge in [-0.1, -0.05) is 11.6 Å². The van der Waals surface area contributed by atoms with E-state index in [9.17, 15) is 9.90 Å². The second-order valence-corrected chi connectivity index (χ2v) is 6.51. The number of hydrogen-bond acceptors (Lipinski definition) is 3. The molecule has 2 heterocycles. The zero-order valence-electron chi connectivity index (χ0n) is 12.6. The highest BCUT2D eigenvalue weighted by molar-refractivity contribution is 6.30. The average Bonchev–Trinajstić information content (AvgIpc) is 2.54. The molecule has 5 heteroatoms. The largest absolute Gasteiger partial charge is 0.488 e. The van der Waals surface area contributed by atoms with Crippen molar-refractivity contribution in [1.82, 2.24) is 4.90 Å². The molecule has 0 bridgehead atoms. The highest BCUT2D eigenvalue weighted by atomic mass is 35.5. The topological polar surface area (TPSA) is 49.8 Å². The Morgan fingerprint density at radius 1 is 1.45 bits per heavy atom. The van der Waals surface area contributed by atoms with Crippen LogP contribution in [-0.4, -0.2) is 41.7 Å². The summed E-state index contributed by atoms with van der Waals surface area (Å²) < 4.78 is 5.67. The first-order chi connectivity index (χ1) is 10.6. The molecule has 1 saturated heterocycles. The molecular formula is C17H20ClNO3. The maximum atomic E-state index is 12.8. The van der Waals surface area contributed by atoms with Crippen LogP contribution in [0.3, 0.4) is 0 Å². The smallest absolute Gasteiger partial charge is 0.253 e. The summed E-state index contributed by atoms with van der Waals surface area (Å²) in [5.74, 6) is 0.921. The van der Waals surface area contributed by atoms with Gasteiger partial charge in [0.25, 0.3) is 5.91 Å². The summed E-state index contributed by atoms with van der Waals surface area (Å²) in [5.41, 5.74) is 1.48. The van der Waals surface area contributed by atoms with Crippen molar-refractivity contribution in [2.24, 2.45) is 5.92 Å². The Morgan fingerprint density at radius 2 is 2.27 bits per heavy atom. The minimum absolute atomic E-state index is 0.00345. The van der Waals surface area contributed by atoms with E-state index in [1.807, 2.05) is 17.0 Å². The van der Waals surface area contributed by atoms with Crippen molar-refractivity contribution >= 4 is 23.6 Å². The summed E-state index contributed by atoms with van der Waals surface area (Å²) >= 11 is 6.01. The van der Waals surface area contributed by atoms with Crippen molar-refractivity contribution in [3.05, 3.63) is 34.4 Å². The Labute approximate surface area is 135 Å². The number of halogens is 1. The van der Waals surface area contributed by atoms with Gasteiger partial charge in [-0.3, -0.25) is 4.79 Å². The van der Waals surface area contributed by atoms with Crippen LogP contribution >= 0.6 is 11.6 Å². The summed E-state index contributed by atoms with van der Waals surface area (Å²) in [5, 5.41) is 9.98.